The maximum atomic E-state index is 10.5. The molecule has 3 fully saturated rings. The minimum atomic E-state index is -1.85. The summed E-state index contributed by atoms with van der Waals surface area (Å²) >= 11 is 0. The first-order valence-electron chi connectivity index (χ1n) is 10.6. The van der Waals surface area contributed by atoms with Crippen molar-refractivity contribution in [2.75, 3.05) is 19.8 Å². The largest absolute Gasteiger partial charge is 0.394 e. The molecule has 16 heteroatoms. The normalized spacial score (nSPS) is 52.5. The third-order valence-electron chi connectivity index (χ3n) is 6.08. The predicted octanol–water partition coefficient (Wildman–Crippen LogP) is -7.57. The van der Waals surface area contributed by atoms with Crippen LogP contribution in [0.25, 0.3) is 0 Å². The molecular formula is C18H32O16. The smallest absolute Gasteiger partial charge is 0.187 e. The Bertz CT molecular complexity index is 639. The highest BCUT2D eigenvalue weighted by molar-refractivity contribution is 4.94. The second kappa shape index (κ2) is 11.6. The molecule has 0 saturated carbocycles. The van der Waals surface area contributed by atoms with Crippen molar-refractivity contribution in [3.8, 4) is 0 Å². The van der Waals surface area contributed by atoms with E-state index in [0.717, 1.165) is 0 Å². The molecule has 0 radical (unpaired) electrons. The van der Waals surface area contributed by atoms with E-state index in [9.17, 15) is 56.2 Å². The van der Waals surface area contributed by atoms with Gasteiger partial charge >= 0.3 is 0 Å². The molecule has 0 aromatic carbocycles. The van der Waals surface area contributed by atoms with Crippen molar-refractivity contribution >= 4 is 0 Å². The quantitative estimate of drug-likeness (QED) is 0.154. The van der Waals surface area contributed by atoms with Gasteiger partial charge in [-0.15, -0.1) is 0 Å². The molecule has 11 N–H and O–H groups in total. The van der Waals surface area contributed by atoms with Crippen molar-refractivity contribution in [1.29, 1.82) is 0 Å². The zero-order valence-electron chi connectivity index (χ0n) is 17.7. The topological polar surface area (TPSA) is 269 Å². The van der Waals surface area contributed by atoms with Gasteiger partial charge in [0.25, 0.3) is 0 Å². The number of rotatable bonds is 7. The molecule has 3 aliphatic heterocycles. The fourth-order valence-electron chi connectivity index (χ4n) is 3.93. The first-order valence-corrected chi connectivity index (χ1v) is 10.6. The minimum absolute atomic E-state index is 0.609. The van der Waals surface area contributed by atoms with Crippen molar-refractivity contribution in [3.05, 3.63) is 0 Å². The first-order chi connectivity index (χ1) is 16.0. The standard InChI is InChI=1S/C18H32O16/c19-1-4-7(21)11(25)14(28)17(32-4)34-15-12(26)8(22)5(2-20)33-18(15)30-3-6-9(23)10(24)13(27)16(29)31-6/h4-29H,1-3H2/t4-,5-,6-,7+,8+,9-,10+,11+,12+,13-,14-,15-,16+,17-,18+/m1/s1/i28+0. The second-order valence-electron chi connectivity index (χ2n) is 8.37. The van der Waals surface area contributed by atoms with Gasteiger partial charge in [0.05, 0.1) is 19.8 Å². The maximum absolute atomic E-state index is 10.5. The molecule has 0 amide bonds. The van der Waals surface area contributed by atoms with Gasteiger partial charge in [-0.25, -0.2) is 0 Å². The van der Waals surface area contributed by atoms with E-state index < -0.39 is 112 Å². The Labute approximate surface area is 192 Å². The highest BCUT2D eigenvalue weighted by Crippen LogP contribution is 2.30. The summed E-state index contributed by atoms with van der Waals surface area (Å²) < 4.78 is 26.5. The third-order valence-corrected chi connectivity index (χ3v) is 6.08. The molecule has 200 valence electrons. The minimum Gasteiger partial charge on any atom is -0.394 e. The van der Waals surface area contributed by atoms with Crippen molar-refractivity contribution < 1.29 is 79.9 Å². The van der Waals surface area contributed by atoms with E-state index in [1.54, 1.807) is 0 Å². The number of hydrogen-bond acceptors (Lipinski definition) is 16. The van der Waals surface area contributed by atoms with Gasteiger partial charge in [0.15, 0.2) is 18.9 Å². The molecule has 0 spiro atoms. The van der Waals surface area contributed by atoms with Crippen molar-refractivity contribution in [1.82, 2.24) is 0 Å². The Morgan fingerprint density at radius 2 is 1.00 bits per heavy atom. The molecule has 15 atom stereocenters. The summed E-state index contributed by atoms with van der Waals surface area (Å²) in [6.07, 6.45) is -25.0. The van der Waals surface area contributed by atoms with Crippen LogP contribution in [0, 0.1) is 0 Å². The molecule has 3 aliphatic rings. The Hall–Kier alpha value is -0.640. The molecule has 0 bridgehead atoms. The van der Waals surface area contributed by atoms with Crippen LogP contribution in [0.15, 0.2) is 0 Å². The number of hydrogen-bond donors (Lipinski definition) is 11. The molecular weight excluding hydrogens is 472 g/mol. The van der Waals surface area contributed by atoms with Gasteiger partial charge in [0, 0.05) is 0 Å². The highest BCUT2D eigenvalue weighted by atomic mass is 16.8. The van der Waals surface area contributed by atoms with E-state index in [1.165, 1.54) is 0 Å². The van der Waals surface area contributed by atoms with Gasteiger partial charge < -0.3 is 79.9 Å². The van der Waals surface area contributed by atoms with Crippen LogP contribution in [0.3, 0.4) is 0 Å². The average Bonchev–Trinajstić information content (AvgIpc) is 2.82. The number of aliphatic hydroxyl groups is 11. The lowest BCUT2D eigenvalue weighted by Crippen LogP contribution is -2.65. The van der Waals surface area contributed by atoms with Crippen LogP contribution in [0.1, 0.15) is 0 Å². The molecule has 0 aromatic rings. The van der Waals surface area contributed by atoms with Gasteiger partial charge in [0.2, 0.25) is 0 Å². The summed E-state index contributed by atoms with van der Waals surface area (Å²) in [4.78, 5) is 0. The van der Waals surface area contributed by atoms with E-state index in [2.05, 4.69) is 0 Å². The van der Waals surface area contributed by atoms with Crippen molar-refractivity contribution in [3.63, 3.8) is 0 Å². The van der Waals surface area contributed by atoms with Gasteiger partial charge in [0.1, 0.15) is 73.2 Å². The maximum Gasteiger partial charge on any atom is 0.187 e. The van der Waals surface area contributed by atoms with E-state index in [-0.39, 0.29) is 0 Å². The zero-order chi connectivity index (χ0) is 25.3. The van der Waals surface area contributed by atoms with Crippen LogP contribution in [0.2, 0.25) is 0 Å². The van der Waals surface area contributed by atoms with Crippen LogP contribution >= 0.6 is 0 Å². The molecule has 34 heavy (non-hydrogen) atoms. The Balaban J connectivity index is 1.74. The van der Waals surface area contributed by atoms with Crippen molar-refractivity contribution in [2.24, 2.45) is 0 Å². The van der Waals surface area contributed by atoms with E-state index in [1.807, 2.05) is 0 Å². The number of aliphatic hydroxyl groups excluding tert-OH is 11. The summed E-state index contributed by atoms with van der Waals surface area (Å²) in [5.74, 6) is 0. The first kappa shape index (κ1) is 27.9. The van der Waals surface area contributed by atoms with Crippen LogP contribution in [-0.4, -0.2) is 168 Å². The summed E-state index contributed by atoms with van der Waals surface area (Å²) in [6.45, 7) is -2.11. The molecule has 3 heterocycles. The fraction of sp³-hybridized carbons (Fsp3) is 1.00. The summed E-state index contributed by atoms with van der Waals surface area (Å²) in [5, 5.41) is 109. The molecule has 0 aromatic heterocycles. The molecule has 3 saturated heterocycles. The van der Waals surface area contributed by atoms with E-state index in [0.29, 0.717) is 0 Å². The zero-order valence-corrected chi connectivity index (χ0v) is 17.7. The van der Waals surface area contributed by atoms with Gasteiger partial charge in [-0.1, -0.05) is 0 Å². The predicted molar refractivity (Wildman–Crippen MR) is 101 cm³/mol. The van der Waals surface area contributed by atoms with Gasteiger partial charge in [-0.05, 0) is 0 Å². The summed E-state index contributed by atoms with van der Waals surface area (Å²) in [5.41, 5.74) is 0. The second-order valence-corrected chi connectivity index (χ2v) is 8.37. The molecule has 16 nitrogen and oxygen atoms in total. The van der Waals surface area contributed by atoms with Crippen LogP contribution in [-0.2, 0) is 23.7 Å². The monoisotopic (exact) mass is 504 g/mol. The van der Waals surface area contributed by atoms with Gasteiger partial charge in [-0.3, -0.25) is 0 Å². The summed E-state index contributed by atoms with van der Waals surface area (Å²) in [6, 6.07) is 0. The summed E-state index contributed by atoms with van der Waals surface area (Å²) in [7, 11) is 0. The third kappa shape index (κ3) is 5.52. The lowest BCUT2D eigenvalue weighted by atomic mass is 9.97. The molecule has 0 unspecified atom stereocenters. The van der Waals surface area contributed by atoms with Crippen LogP contribution in [0.4, 0.5) is 0 Å². The highest BCUT2D eigenvalue weighted by Gasteiger charge is 2.51. The Morgan fingerprint density at radius 3 is 1.59 bits per heavy atom. The molecule has 3 rings (SSSR count). The average molecular weight is 504 g/mol. The van der Waals surface area contributed by atoms with E-state index >= 15 is 0 Å². The SMILES string of the molecule is OC[C@H]1O[C@H](O[C@H]2[C@@H](OC[C@H]3O[C@H](O)[C@H](O)[C@@H](O)[C@@H]3O)O[C@H](CO)[C@H](O)[C@@H]2O)[C@H]([16OH])[C@@H](O)[C@H]1O. The Kier molecular flexibility index (Phi) is 9.54. The van der Waals surface area contributed by atoms with Crippen LogP contribution < -0.4 is 0 Å². The van der Waals surface area contributed by atoms with Crippen molar-refractivity contribution in [2.45, 2.75) is 92.1 Å². The lowest BCUT2D eigenvalue weighted by molar-refractivity contribution is -0.372. The van der Waals surface area contributed by atoms with E-state index in [4.69, 9.17) is 23.7 Å². The molecule has 0 aliphatic carbocycles. The number of ether oxygens (including phenoxy) is 5. The lowest BCUT2D eigenvalue weighted by Gasteiger charge is -2.46. The van der Waals surface area contributed by atoms with Gasteiger partial charge in [-0.2, -0.15) is 0 Å². The van der Waals surface area contributed by atoms with Crippen LogP contribution in [0.5, 0.6) is 0 Å². The Morgan fingerprint density at radius 1 is 0.500 bits per heavy atom. The fourth-order valence-corrected chi connectivity index (χ4v) is 3.93.